The molecule has 0 radical (unpaired) electrons. The van der Waals surface area contributed by atoms with Gasteiger partial charge in [-0.3, -0.25) is 9.36 Å². The van der Waals surface area contributed by atoms with Crippen LogP contribution in [0.1, 0.15) is 46.0 Å². The summed E-state index contributed by atoms with van der Waals surface area (Å²) in [5.41, 5.74) is 1.19. The number of nitrogens with zero attached hydrogens (tertiary/aromatic N) is 3. The van der Waals surface area contributed by atoms with Gasteiger partial charge in [0.2, 0.25) is 0 Å². The summed E-state index contributed by atoms with van der Waals surface area (Å²) in [6.07, 6.45) is 0.625. The van der Waals surface area contributed by atoms with Gasteiger partial charge >= 0.3 is 6.03 Å². The van der Waals surface area contributed by atoms with Crippen molar-refractivity contribution in [3.8, 4) is 0 Å². The van der Waals surface area contributed by atoms with Gasteiger partial charge in [0.25, 0.3) is 5.56 Å². The van der Waals surface area contributed by atoms with E-state index in [1.807, 2.05) is 32.0 Å². The monoisotopic (exact) mass is 440 g/mol. The predicted molar refractivity (Wildman–Crippen MR) is 127 cm³/mol. The molecule has 0 aliphatic heterocycles. The molecule has 6 nitrogen and oxygen atoms in total. The van der Waals surface area contributed by atoms with Crippen LogP contribution in [-0.4, -0.2) is 27.0 Å². The number of anilines is 1. The molecule has 7 heteroatoms. The van der Waals surface area contributed by atoms with Crippen molar-refractivity contribution in [3.05, 3.63) is 69.7 Å². The number of hydrogen-bond donors (Lipinski definition) is 1. The van der Waals surface area contributed by atoms with Gasteiger partial charge in [-0.25, -0.2) is 9.78 Å². The Kier molecular flexibility index (Phi) is 7.33. The molecule has 1 heterocycles. The molecule has 3 rings (SSSR count). The van der Waals surface area contributed by atoms with Gasteiger partial charge < -0.3 is 10.2 Å². The van der Waals surface area contributed by atoms with Crippen molar-refractivity contribution < 1.29 is 4.79 Å². The van der Waals surface area contributed by atoms with E-state index in [2.05, 4.69) is 19.2 Å². The molecule has 0 bridgehead atoms. The summed E-state index contributed by atoms with van der Waals surface area (Å²) in [5, 5.41) is 4.09. The number of carbonyl (C=O) groups is 1. The smallest absolute Gasteiger partial charge is 0.314 e. The molecule has 0 aliphatic rings. The molecule has 1 atom stereocenters. The maximum absolute atomic E-state index is 13.3. The molecule has 0 saturated carbocycles. The van der Waals surface area contributed by atoms with Crippen LogP contribution in [0.2, 0.25) is 5.02 Å². The van der Waals surface area contributed by atoms with E-state index in [4.69, 9.17) is 16.6 Å². The number of rotatable bonds is 7. The first-order valence-electron chi connectivity index (χ1n) is 10.7. The lowest BCUT2D eigenvalue weighted by atomic mass is 10.1. The van der Waals surface area contributed by atoms with Crippen LogP contribution in [0.15, 0.2) is 53.3 Å². The number of urea groups is 1. The van der Waals surface area contributed by atoms with Gasteiger partial charge in [-0.05, 0) is 49.6 Å². The average Bonchev–Trinajstić information content (AvgIpc) is 2.73. The highest BCUT2D eigenvalue weighted by Gasteiger charge is 2.29. The number of benzene rings is 2. The standard InChI is InChI=1S/C24H29ClN4O2/c1-5-21(22-27-20-13-8-7-12-19(20)23(30)28(22)6-2)29(15-16(3)4)24(31)26-18-11-9-10-17(25)14-18/h7-14,16,21H,5-6,15H2,1-4H3,(H,26,31). The zero-order chi connectivity index (χ0) is 22.5. The summed E-state index contributed by atoms with van der Waals surface area (Å²) in [6, 6.07) is 13.8. The van der Waals surface area contributed by atoms with Crippen LogP contribution in [0.3, 0.4) is 0 Å². The van der Waals surface area contributed by atoms with Crippen molar-refractivity contribution in [2.75, 3.05) is 11.9 Å². The summed E-state index contributed by atoms with van der Waals surface area (Å²) < 4.78 is 1.68. The van der Waals surface area contributed by atoms with Gasteiger partial charge in [-0.1, -0.05) is 50.6 Å². The van der Waals surface area contributed by atoms with E-state index < -0.39 is 0 Å². The summed E-state index contributed by atoms with van der Waals surface area (Å²) >= 11 is 6.08. The number of carbonyl (C=O) groups excluding carboxylic acids is 1. The van der Waals surface area contributed by atoms with Crippen LogP contribution < -0.4 is 10.9 Å². The number of halogens is 1. The van der Waals surface area contributed by atoms with E-state index in [-0.39, 0.29) is 23.6 Å². The number of para-hydroxylation sites is 1. The largest absolute Gasteiger partial charge is 0.322 e. The molecule has 2 aromatic carbocycles. The van der Waals surface area contributed by atoms with Crippen LogP contribution in [0.25, 0.3) is 10.9 Å². The minimum atomic E-state index is -0.348. The Hall–Kier alpha value is -2.86. The van der Waals surface area contributed by atoms with Crippen LogP contribution >= 0.6 is 11.6 Å². The van der Waals surface area contributed by atoms with Gasteiger partial charge in [-0.2, -0.15) is 0 Å². The second-order valence-corrected chi connectivity index (χ2v) is 8.38. The topological polar surface area (TPSA) is 67.2 Å². The zero-order valence-corrected chi connectivity index (χ0v) is 19.2. The van der Waals surface area contributed by atoms with Crippen LogP contribution in [-0.2, 0) is 6.54 Å². The quantitative estimate of drug-likeness (QED) is 0.511. The van der Waals surface area contributed by atoms with E-state index in [0.29, 0.717) is 46.9 Å². The van der Waals surface area contributed by atoms with Crippen LogP contribution in [0.4, 0.5) is 10.5 Å². The van der Waals surface area contributed by atoms with E-state index in [1.165, 1.54) is 0 Å². The maximum atomic E-state index is 13.3. The fourth-order valence-electron chi connectivity index (χ4n) is 3.79. The molecule has 3 aromatic rings. The molecule has 0 aliphatic carbocycles. The third-order valence-corrected chi connectivity index (χ3v) is 5.40. The molecule has 31 heavy (non-hydrogen) atoms. The minimum absolute atomic E-state index is 0.0821. The van der Waals surface area contributed by atoms with Crippen molar-refractivity contribution in [1.82, 2.24) is 14.5 Å². The number of hydrogen-bond acceptors (Lipinski definition) is 3. The molecule has 1 aromatic heterocycles. The first-order valence-corrected chi connectivity index (χ1v) is 11.1. The molecule has 1 N–H and O–H groups in total. The van der Waals surface area contributed by atoms with Gasteiger partial charge in [0, 0.05) is 23.8 Å². The number of nitrogens with one attached hydrogen (secondary N) is 1. The molecule has 0 fully saturated rings. The Balaban J connectivity index is 2.07. The molecular formula is C24H29ClN4O2. The SMILES string of the molecule is CCC(c1nc2ccccc2c(=O)n1CC)N(CC(C)C)C(=O)Nc1cccc(Cl)c1. The Labute approximate surface area is 187 Å². The van der Waals surface area contributed by atoms with E-state index >= 15 is 0 Å². The highest BCUT2D eigenvalue weighted by Crippen LogP contribution is 2.26. The molecular weight excluding hydrogens is 412 g/mol. The summed E-state index contributed by atoms with van der Waals surface area (Å²) in [5.74, 6) is 0.844. The van der Waals surface area contributed by atoms with Crippen LogP contribution in [0, 0.1) is 5.92 Å². The normalized spacial score (nSPS) is 12.2. The van der Waals surface area contributed by atoms with Crippen molar-refractivity contribution in [3.63, 3.8) is 0 Å². The summed E-state index contributed by atoms with van der Waals surface area (Å²) in [6.45, 7) is 9.06. The van der Waals surface area contributed by atoms with Crippen molar-refractivity contribution in [1.29, 1.82) is 0 Å². The van der Waals surface area contributed by atoms with E-state index in [0.717, 1.165) is 0 Å². The average molecular weight is 441 g/mol. The van der Waals surface area contributed by atoms with Crippen molar-refractivity contribution in [2.45, 2.75) is 46.7 Å². The Morgan fingerprint density at radius 1 is 1.16 bits per heavy atom. The fourth-order valence-corrected chi connectivity index (χ4v) is 3.98. The van der Waals surface area contributed by atoms with Crippen LogP contribution in [0.5, 0.6) is 0 Å². The molecule has 164 valence electrons. The third-order valence-electron chi connectivity index (χ3n) is 5.17. The molecule has 0 spiro atoms. The maximum Gasteiger partial charge on any atom is 0.322 e. The fraction of sp³-hybridized carbons (Fsp3) is 0.375. The van der Waals surface area contributed by atoms with Gasteiger partial charge in [0.05, 0.1) is 16.9 Å². The second kappa shape index (κ2) is 9.96. The lowest BCUT2D eigenvalue weighted by molar-refractivity contribution is 0.170. The number of aromatic nitrogens is 2. The van der Waals surface area contributed by atoms with Gasteiger partial charge in [-0.15, -0.1) is 0 Å². The zero-order valence-electron chi connectivity index (χ0n) is 18.4. The summed E-state index contributed by atoms with van der Waals surface area (Å²) in [4.78, 5) is 33.1. The van der Waals surface area contributed by atoms with E-state index in [1.54, 1.807) is 39.8 Å². The van der Waals surface area contributed by atoms with Gasteiger partial charge in [0.1, 0.15) is 5.82 Å². The second-order valence-electron chi connectivity index (χ2n) is 7.95. The summed E-state index contributed by atoms with van der Waals surface area (Å²) in [7, 11) is 0. The lowest BCUT2D eigenvalue weighted by Gasteiger charge is -2.33. The Morgan fingerprint density at radius 2 is 1.90 bits per heavy atom. The molecule has 2 amide bonds. The van der Waals surface area contributed by atoms with Crippen molar-refractivity contribution >= 4 is 34.2 Å². The van der Waals surface area contributed by atoms with Crippen molar-refractivity contribution in [2.24, 2.45) is 5.92 Å². The molecule has 0 saturated heterocycles. The first-order chi connectivity index (χ1) is 14.8. The minimum Gasteiger partial charge on any atom is -0.314 e. The highest BCUT2D eigenvalue weighted by atomic mass is 35.5. The van der Waals surface area contributed by atoms with E-state index in [9.17, 15) is 9.59 Å². The first kappa shape index (κ1) is 22.8. The predicted octanol–water partition coefficient (Wildman–Crippen LogP) is 5.71. The Bertz CT molecular complexity index is 1130. The highest BCUT2D eigenvalue weighted by molar-refractivity contribution is 6.30. The molecule has 1 unspecified atom stereocenters. The lowest BCUT2D eigenvalue weighted by Crippen LogP contribution is -2.42. The number of fused-ring (bicyclic) bond motifs is 1. The number of amides is 2. The third kappa shape index (κ3) is 5.07. The Morgan fingerprint density at radius 3 is 2.55 bits per heavy atom. The van der Waals surface area contributed by atoms with Gasteiger partial charge in [0.15, 0.2) is 0 Å².